The number of ether oxygens (including phenoxy) is 1. The SMILES string of the molecule is Cc1ccc(NC(=O)COc2cccc(C=C3NC(=O)N(Cc4ccccc4Cl)C3=O)c2)cc1C. The van der Waals surface area contributed by atoms with Crippen molar-refractivity contribution in [2.24, 2.45) is 0 Å². The summed E-state index contributed by atoms with van der Waals surface area (Å²) in [4.78, 5) is 38.6. The van der Waals surface area contributed by atoms with E-state index in [-0.39, 0.29) is 24.8 Å². The summed E-state index contributed by atoms with van der Waals surface area (Å²) in [5.74, 6) is -0.279. The molecule has 3 aromatic carbocycles. The molecule has 0 bridgehead atoms. The summed E-state index contributed by atoms with van der Waals surface area (Å²) in [5, 5.41) is 5.89. The lowest BCUT2D eigenvalue weighted by Crippen LogP contribution is -2.30. The molecular formula is C27H24ClN3O4. The third kappa shape index (κ3) is 5.88. The van der Waals surface area contributed by atoms with Gasteiger partial charge in [0.15, 0.2) is 6.61 Å². The Hall–Kier alpha value is -4.10. The number of rotatable bonds is 7. The average Bonchev–Trinajstić information content (AvgIpc) is 3.09. The lowest BCUT2D eigenvalue weighted by molar-refractivity contribution is -0.123. The van der Waals surface area contributed by atoms with Crippen LogP contribution < -0.4 is 15.4 Å². The summed E-state index contributed by atoms with van der Waals surface area (Å²) in [6.45, 7) is 3.89. The van der Waals surface area contributed by atoms with E-state index in [1.807, 2.05) is 32.0 Å². The zero-order valence-corrected chi connectivity index (χ0v) is 20.1. The van der Waals surface area contributed by atoms with Crippen molar-refractivity contribution in [1.29, 1.82) is 0 Å². The topological polar surface area (TPSA) is 87.7 Å². The van der Waals surface area contributed by atoms with Gasteiger partial charge in [0, 0.05) is 10.7 Å². The maximum atomic E-state index is 12.8. The highest BCUT2D eigenvalue weighted by atomic mass is 35.5. The standard InChI is InChI=1S/C27H24ClN3O4/c1-17-10-11-21(12-18(17)2)29-25(32)16-35-22-8-5-6-19(13-22)14-24-26(33)31(27(34)30-24)15-20-7-3-4-9-23(20)28/h3-14H,15-16H2,1-2H3,(H,29,32)(H,30,34). The highest BCUT2D eigenvalue weighted by Gasteiger charge is 2.33. The molecule has 1 fully saturated rings. The normalized spacial score (nSPS) is 14.3. The van der Waals surface area contributed by atoms with Gasteiger partial charge in [0.1, 0.15) is 11.4 Å². The van der Waals surface area contributed by atoms with Gasteiger partial charge in [-0.15, -0.1) is 0 Å². The van der Waals surface area contributed by atoms with Crippen LogP contribution in [0.2, 0.25) is 5.02 Å². The van der Waals surface area contributed by atoms with Crippen molar-refractivity contribution in [2.75, 3.05) is 11.9 Å². The number of amides is 4. The predicted molar refractivity (Wildman–Crippen MR) is 135 cm³/mol. The number of imide groups is 1. The molecule has 0 saturated carbocycles. The quantitative estimate of drug-likeness (QED) is 0.358. The number of nitrogens with zero attached hydrogens (tertiary/aromatic N) is 1. The zero-order valence-electron chi connectivity index (χ0n) is 19.3. The van der Waals surface area contributed by atoms with E-state index in [1.54, 1.807) is 54.6 Å². The summed E-state index contributed by atoms with van der Waals surface area (Å²) in [6.07, 6.45) is 1.56. The van der Waals surface area contributed by atoms with Gasteiger partial charge in [0.2, 0.25) is 0 Å². The van der Waals surface area contributed by atoms with Gasteiger partial charge in [0.05, 0.1) is 6.54 Å². The lowest BCUT2D eigenvalue weighted by atomic mass is 10.1. The summed E-state index contributed by atoms with van der Waals surface area (Å²) >= 11 is 6.17. The van der Waals surface area contributed by atoms with E-state index in [1.165, 1.54) is 0 Å². The van der Waals surface area contributed by atoms with E-state index < -0.39 is 11.9 Å². The number of anilines is 1. The van der Waals surface area contributed by atoms with Gasteiger partial charge in [0.25, 0.3) is 11.8 Å². The first-order chi connectivity index (χ1) is 16.8. The molecule has 1 saturated heterocycles. The van der Waals surface area contributed by atoms with Gasteiger partial charge in [-0.3, -0.25) is 14.5 Å². The minimum atomic E-state index is -0.517. The van der Waals surface area contributed by atoms with Crippen molar-refractivity contribution < 1.29 is 19.1 Å². The van der Waals surface area contributed by atoms with Crippen LogP contribution in [-0.2, 0) is 16.1 Å². The van der Waals surface area contributed by atoms with E-state index >= 15 is 0 Å². The maximum absolute atomic E-state index is 12.8. The predicted octanol–water partition coefficient (Wildman–Crippen LogP) is 5.07. The smallest absolute Gasteiger partial charge is 0.329 e. The second-order valence-corrected chi connectivity index (χ2v) is 8.59. The molecule has 0 unspecified atom stereocenters. The molecule has 1 heterocycles. The third-order valence-electron chi connectivity index (χ3n) is 5.58. The molecule has 1 aliphatic rings. The van der Waals surface area contributed by atoms with Gasteiger partial charge < -0.3 is 15.4 Å². The fraction of sp³-hybridized carbons (Fsp3) is 0.148. The number of carbonyl (C=O) groups excluding carboxylic acids is 3. The van der Waals surface area contributed by atoms with Crippen molar-refractivity contribution >= 4 is 41.2 Å². The number of urea groups is 1. The molecule has 178 valence electrons. The number of hydrogen-bond acceptors (Lipinski definition) is 4. The van der Waals surface area contributed by atoms with Crippen LogP contribution in [0.15, 0.2) is 72.4 Å². The van der Waals surface area contributed by atoms with Gasteiger partial charge in [-0.2, -0.15) is 0 Å². The Bertz CT molecular complexity index is 1340. The van der Waals surface area contributed by atoms with Crippen molar-refractivity contribution in [1.82, 2.24) is 10.2 Å². The second kappa shape index (κ2) is 10.4. The minimum Gasteiger partial charge on any atom is -0.484 e. The fourth-order valence-electron chi connectivity index (χ4n) is 3.54. The Balaban J connectivity index is 1.39. The highest BCUT2D eigenvalue weighted by Crippen LogP contribution is 2.22. The molecule has 0 radical (unpaired) electrons. The van der Waals surface area contributed by atoms with Crippen molar-refractivity contribution in [3.63, 3.8) is 0 Å². The Morgan fingerprint density at radius 1 is 1.03 bits per heavy atom. The first-order valence-electron chi connectivity index (χ1n) is 11.0. The van der Waals surface area contributed by atoms with Crippen LogP contribution in [0, 0.1) is 13.8 Å². The fourth-order valence-corrected chi connectivity index (χ4v) is 3.73. The average molecular weight is 490 g/mol. The minimum absolute atomic E-state index is 0.0699. The summed E-state index contributed by atoms with van der Waals surface area (Å²) in [6, 6.07) is 19.1. The third-order valence-corrected chi connectivity index (χ3v) is 5.95. The van der Waals surface area contributed by atoms with E-state index in [2.05, 4.69) is 10.6 Å². The molecule has 0 atom stereocenters. The van der Waals surface area contributed by atoms with E-state index in [0.717, 1.165) is 16.0 Å². The van der Waals surface area contributed by atoms with Crippen LogP contribution in [0.4, 0.5) is 10.5 Å². The van der Waals surface area contributed by atoms with Gasteiger partial charge in [-0.05, 0) is 72.5 Å². The Morgan fingerprint density at radius 3 is 2.60 bits per heavy atom. The largest absolute Gasteiger partial charge is 0.484 e. The molecule has 3 aromatic rings. The number of aryl methyl sites for hydroxylation is 2. The van der Waals surface area contributed by atoms with Crippen LogP contribution in [0.25, 0.3) is 6.08 Å². The number of carbonyl (C=O) groups is 3. The first-order valence-corrected chi connectivity index (χ1v) is 11.4. The second-order valence-electron chi connectivity index (χ2n) is 8.18. The molecule has 2 N–H and O–H groups in total. The number of hydrogen-bond donors (Lipinski definition) is 2. The van der Waals surface area contributed by atoms with E-state index in [9.17, 15) is 14.4 Å². The van der Waals surface area contributed by atoms with Gasteiger partial charge in [-0.25, -0.2) is 4.79 Å². The van der Waals surface area contributed by atoms with Crippen molar-refractivity contribution in [2.45, 2.75) is 20.4 Å². The number of halogens is 1. The number of benzene rings is 3. The number of nitrogens with one attached hydrogen (secondary N) is 2. The van der Waals surface area contributed by atoms with Crippen LogP contribution in [0.3, 0.4) is 0 Å². The van der Waals surface area contributed by atoms with Gasteiger partial charge in [-0.1, -0.05) is 48.0 Å². The monoisotopic (exact) mass is 489 g/mol. The maximum Gasteiger partial charge on any atom is 0.329 e. The van der Waals surface area contributed by atoms with Crippen LogP contribution in [-0.4, -0.2) is 29.4 Å². The van der Waals surface area contributed by atoms with Gasteiger partial charge >= 0.3 is 6.03 Å². The Morgan fingerprint density at radius 2 is 1.83 bits per heavy atom. The molecular weight excluding hydrogens is 466 g/mol. The summed E-state index contributed by atoms with van der Waals surface area (Å²) in [7, 11) is 0. The summed E-state index contributed by atoms with van der Waals surface area (Å²) < 4.78 is 5.62. The zero-order chi connectivity index (χ0) is 24.9. The molecule has 0 aromatic heterocycles. The van der Waals surface area contributed by atoms with Crippen LogP contribution >= 0.6 is 11.6 Å². The highest BCUT2D eigenvalue weighted by molar-refractivity contribution is 6.31. The molecule has 0 aliphatic carbocycles. The van der Waals surface area contributed by atoms with Crippen LogP contribution in [0.1, 0.15) is 22.3 Å². The summed E-state index contributed by atoms with van der Waals surface area (Å²) in [5.41, 5.74) is 4.40. The first kappa shape index (κ1) is 24.0. The lowest BCUT2D eigenvalue weighted by Gasteiger charge is -2.12. The molecule has 0 spiro atoms. The Labute approximate surface area is 208 Å². The molecule has 4 amide bonds. The van der Waals surface area contributed by atoms with Crippen molar-refractivity contribution in [3.05, 3.63) is 99.7 Å². The molecule has 8 heteroatoms. The van der Waals surface area contributed by atoms with Crippen LogP contribution in [0.5, 0.6) is 5.75 Å². The van der Waals surface area contributed by atoms with E-state index in [4.69, 9.17) is 16.3 Å². The van der Waals surface area contributed by atoms with Crippen molar-refractivity contribution in [3.8, 4) is 5.75 Å². The molecule has 4 rings (SSSR count). The van der Waals surface area contributed by atoms with E-state index in [0.29, 0.717) is 27.6 Å². The molecule has 7 nitrogen and oxygen atoms in total. The Kier molecular flexibility index (Phi) is 7.17. The molecule has 1 aliphatic heterocycles. The molecule has 35 heavy (non-hydrogen) atoms.